The molecule has 4 rings (SSSR count). The molecule has 0 aromatic heterocycles. The Morgan fingerprint density at radius 3 is 2.53 bits per heavy atom. The number of carbonyl (C=O) groups is 1. The zero-order valence-corrected chi connectivity index (χ0v) is 19.5. The predicted octanol–water partition coefficient (Wildman–Crippen LogP) is 6.21. The van der Waals surface area contributed by atoms with E-state index in [1.807, 2.05) is 0 Å². The first kappa shape index (κ1) is 24.6. The molecule has 1 saturated heterocycles. The van der Waals surface area contributed by atoms with E-state index in [1.165, 1.54) is 17.7 Å². The van der Waals surface area contributed by atoms with Gasteiger partial charge in [0.25, 0.3) is 0 Å². The van der Waals surface area contributed by atoms with Crippen LogP contribution < -0.4 is 0 Å². The molecule has 0 spiro atoms. The van der Waals surface area contributed by atoms with Gasteiger partial charge in [0, 0.05) is 18.8 Å². The standard InChI is InChI=1S/C27H32F3NO3/c1-18-3-2-4-20(17-34-16-19-5-8-22(9-6-19)27(28,29)30)14-23(13-18)31-12-11-21-7-10-24(21)25(15-31)26(32)33/h4-6,8-9,13-14,21,24-25H,2-3,7,10-12,15-17H2,1H3,(H,32,33)/b18-13-,20-4+,23-14+. The highest BCUT2D eigenvalue weighted by molar-refractivity contribution is 5.71. The fourth-order valence-corrected chi connectivity index (χ4v) is 5.22. The molecule has 3 aliphatic rings. The summed E-state index contributed by atoms with van der Waals surface area (Å²) < 4.78 is 44.1. The molecular formula is C27H32F3NO3. The van der Waals surface area contributed by atoms with E-state index in [0.29, 0.717) is 24.6 Å². The molecule has 2 aliphatic carbocycles. The SMILES string of the molecule is C/C1=C/C(N2CCC3CCC3C(C(=O)O)C2)=C\C(COCc2ccc(C(F)(F)F)cc2)=C/CC1. The number of benzene rings is 1. The minimum atomic E-state index is -4.34. The van der Waals surface area contributed by atoms with Gasteiger partial charge >= 0.3 is 12.1 Å². The molecule has 1 aromatic rings. The fraction of sp³-hybridized carbons (Fsp3) is 0.519. The van der Waals surface area contributed by atoms with Crippen molar-refractivity contribution in [3.05, 3.63) is 70.5 Å². The molecule has 4 nitrogen and oxygen atoms in total. The van der Waals surface area contributed by atoms with Crippen molar-refractivity contribution in [1.29, 1.82) is 0 Å². The predicted molar refractivity (Wildman–Crippen MR) is 124 cm³/mol. The van der Waals surface area contributed by atoms with Crippen molar-refractivity contribution in [2.45, 2.75) is 51.8 Å². The van der Waals surface area contributed by atoms with E-state index in [9.17, 15) is 23.1 Å². The summed E-state index contributed by atoms with van der Waals surface area (Å²) >= 11 is 0. The van der Waals surface area contributed by atoms with Crippen LogP contribution in [-0.4, -0.2) is 35.7 Å². The number of rotatable bonds is 6. The Morgan fingerprint density at radius 1 is 1.12 bits per heavy atom. The van der Waals surface area contributed by atoms with Gasteiger partial charge in [0.05, 0.1) is 24.7 Å². The Kier molecular flexibility index (Phi) is 7.51. The van der Waals surface area contributed by atoms with E-state index >= 15 is 0 Å². The van der Waals surface area contributed by atoms with Gasteiger partial charge in [-0.25, -0.2) is 0 Å². The first-order valence-corrected chi connectivity index (χ1v) is 12.0. The average molecular weight is 476 g/mol. The lowest BCUT2D eigenvalue weighted by Gasteiger charge is -2.38. The zero-order valence-electron chi connectivity index (χ0n) is 19.5. The second kappa shape index (κ2) is 10.4. The number of alkyl halides is 3. The third-order valence-corrected chi connectivity index (χ3v) is 7.35. The number of carboxylic acid groups (broad SMARTS) is 1. The van der Waals surface area contributed by atoms with Crippen LogP contribution in [0.2, 0.25) is 0 Å². The quantitative estimate of drug-likeness (QED) is 0.532. The molecule has 0 radical (unpaired) electrons. The average Bonchev–Trinajstić information content (AvgIpc) is 2.87. The normalized spacial score (nSPS) is 30.2. The minimum absolute atomic E-state index is 0.224. The molecule has 2 fully saturated rings. The molecule has 184 valence electrons. The third-order valence-electron chi connectivity index (χ3n) is 7.35. The molecule has 1 N–H and O–H groups in total. The Balaban J connectivity index is 1.44. The maximum Gasteiger partial charge on any atom is 0.416 e. The van der Waals surface area contributed by atoms with Gasteiger partial charge in [-0.2, -0.15) is 13.2 Å². The van der Waals surface area contributed by atoms with Crippen LogP contribution >= 0.6 is 0 Å². The lowest BCUT2D eigenvalue weighted by Crippen LogP contribution is -2.39. The molecule has 3 atom stereocenters. The number of likely N-dealkylation sites (tertiary alicyclic amines) is 1. The van der Waals surface area contributed by atoms with Crippen molar-refractivity contribution < 1.29 is 27.8 Å². The smallest absolute Gasteiger partial charge is 0.416 e. The van der Waals surface area contributed by atoms with Crippen molar-refractivity contribution >= 4 is 5.97 Å². The Hall–Kier alpha value is -2.54. The van der Waals surface area contributed by atoms with Crippen LogP contribution in [0, 0.1) is 17.8 Å². The topological polar surface area (TPSA) is 49.8 Å². The highest BCUT2D eigenvalue weighted by atomic mass is 19.4. The van der Waals surface area contributed by atoms with Crippen LogP contribution in [0.1, 0.15) is 50.2 Å². The van der Waals surface area contributed by atoms with Crippen molar-refractivity contribution in [2.75, 3.05) is 19.7 Å². The number of halogens is 3. The molecule has 1 aromatic carbocycles. The number of aliphatic carboxylic acids is 1. The van der Waals surface area contributed by atoms with Crippen LogP contribution in [0.15, 0.2) is 59.3 Å². The number of carboxylic acids is 1. The van der Waals surface area contributed by atoms with E-state index in [-0.39, 0.29) is 18.4 Å². The first-order chi connectivity index (χ1) is 16.2. The van der Waals surface area contributed by atoms with Crippen LogP contribution in [0.25, 0.3) is 0 Å². The number of hydrogen-bond donors (Lipinski definition) is 1. The van der Waals surface area contributed by atoms with Crippen LogP contribution in [-0.2, 0) is 22.3 Å². The number of fused-ring (bicyclic) bond motifs is 1. The summed E-state index contributed by atoms with van der Waals surface area (Å²) in [6, 6.07) is 5.04. The summed E-state index contributed by atoms with van der Waals surface area (Å²) in [5, 5.41) is 9.84. The number of ether oxygens (including phenoxy) is 1. The van der Waals surface area contributed by atoms with Gasteiger partial charge in [0.15, 0.2) is 0 Å². The molecular weight excluding hydrogens is 443 g/mol. The Morgan fingerprint density at radius 2 is 1.88 bits per heavy atom. The molecule has 1 aliphatic heterocycles. The maximum absolute atomic E-state index is 12.8. The van der Waals surface area contributed by atoms with Gasteiger partial charge in [0.1, 0.15) is 0 Å². The molecule has 34 heavy (non-hydrogen) atoms. The highest BCUT2D eigenvalue weighted by Crippen LogP contribution is 2.45. The van der Waals surface area contributed by atoms with Crippen molar-refractivity contribution in [3.63, 3.8) is 0 Å². The summed E-state index contributed by atoms with van der Waals surface area (Å²) in [7, 11) is 0. The van der Waals surface area contributed by atoms with Crippen LogP contribution in [0.4, 0.5) is 13.2 Å². The van der Waals surface area contributed by atoms with Gasteiger partial charge < -0.3 is 14.7 Å². The van der Waals surface area contributed by atoms with Gasteiger partial charge in [0.2, 0.25) is 0 Å². The van der Waals surface area contributed by atoms with Crippen LogP contribution in [0.5, 0.6) is 0 Å². The summed E-state index contributed by atoms with van der Waals surface area (Å²) in [6.45, 7) is 4.04. The van der Waals surface area contributed by atoms with E-state index in [4.69, 9.17) is 4.74 Å². The Bertz CT molecular complexity index is 978. The van der Waals surface area contributed by atoms with Crippen molar-refractivity contribution in [1.82, 2.24) is 4.90 Å². The molecule has 1 heterocycles. The lowest BCUT2D eigenvalue weighted by atomic mass is 9.66. The lowest BCUT2D eigenvalue weighted by molar-refractivity contribution is -0.146. The van der Waals surface area contributed by atoms with Gasteiger partial charge in [-0.1, -0.05) is 23.8 Å². The number of allylic oxidation sites excluding steroid dienone is 3. The monoisotopic (exact) mass is 475 g/mol. The molecule has 7 heteroatoms. The second-order valence-corrected chi connectivity index (χ2v) is 9.75. The van der Waals surface area contributed by atoms with Crippen molar-refractivity contribution in [2.24, 2.45) is 17.8 Å². The fourth-order valence-electron chi connectivity index (χ4n) is 5.22. The summed E-state index contributed by atoms with van der Waals surface area (Å²) in [5.41, 5.74) is 3.30. The van der Waals surface area contributed by atoms with Crippen molar-refractivity contribution in [3.8, 4) is 0 Å². The number of hydrogen-bond acceptors (Lipinski definition) is 3. The first-order valence-electron chi connectivity index (χ1n) is 12.0. The highest BCUT2D eigenvalue weighted by Gasteiger charge is 2.43. The minimum Gasteiger partial charge on any atom is -0.481 e. The maximum atomic E-state index is 12.8. The molecule has 1 saturated carbocycles. The molecule has 0 bridgehead atoms. The number of nitrogens with zero attached hydrogens (tertiary/aromatic N) is 1. The largest absolute Gasteiger partial charge is 0.481 e. The van der Waals surface area contributed by atoms with Gasteiger partial charge in [-0.15, -0.1) is 0 Å². The van der Waals surface area contributed by atoms with Gasteiger partial charge in [-0.05, 0) is 86.3 Å². The molecule has 3 unspecified atom stereocenters. The summed E-state index contributed by atoms with van der Waals surface area (Å²) in [4.78, 5) is 14.2. The molecule has 0 amide bonds. The zero-order chi connectivity index (χ0) is 24.3. The van der Waals surface area contributed by atoms with Crippen LogP contribution in [0.3, 0.4) is 0 Å². The Labute approximate surface area is 198 Å². The van der Waals surface area contributed by atoms with E-state index in [0.717, 1.165) is 62.1 Å². The summed E-state index contributed by atoms with van der Waals surface area (Å²) in [6.07, 6.45) is 6.99. The second-order valence-electron chi connectivity index (χ2n) is 9.75. The van der Waals surface area contributed by atoms with E-state index in [1.54, 1.807) is 0 Å². The third kappa shape index (κ3) is 5.93. The van der Waals surface area contributed by atoms with E-state index in [2.05, 4.69) is 30.1 Å². The summed E-state index contributed by atoms with van der Waals surface area (Å²) in [5.74, 6) is -0.259. The van der Waals surface area contributed by atoms with E-state index < -0.39 is 17.7 Å². The van der Waals surface area contributed by atoms with Gasteiger partial charge in [-0.3, -0.25) is 4.79 Å².